The van der Waals surface area contributed by atoms with Crippen LogP contribution in [-0.2, 0) is 24.1 Å². The summed E-state index contributed by atoms with van der Waals surface area (Å²) in [7, 11) is 3.39. The average Bonchev–Trinajstić information content (AvgIpc) is 3.18. The molecule has 0 fully saturated rings. The SMILES string of the molecule is CCc1nncn1CCNC(=NCCCOC)NCCc1ccc(OC)cc1. The Morgan fingerprint density at radius 3 is 2.64 bits per heavy atom. The Hall–Kier alpha value is -2.61. The van der Waals surface area contributed by atoms with E-state index >= 15 is 0 Å². The lowest BCUT2D eigenvalue weighted by molar-refractivity contribution is 0.197. The molecule has 0 spiro atoms. The number of rotatable bonds is 12. The minimum Gasteiger partial charge on any atom is -0.497 e. The van der Waals surface area contributed by atoms with E-state index in [4.69, 9.17) is 9.47 Å². The van der Waals surface area contributed by atoms with Crippen molar-refractivity contribution in [2.45, 2.75) is 32.7 Å². The van der Waals surface area contributed by atoms with E-state index in [9.17, 15) is 0 Å². The van der Waals surface area contributed by atoms with Gasteiger partial charge in [-0.05, 0) is 30.5 Å². The summed E-state index contributed by atoms with van der Waals surface area (Å²) in [6.07, 6.45) is 4.45. The lowest BCUT2D eigenvalue weighted by Crippen LogP contribution is -2.40. The van der Waals surface area contributed by atoms with Gasteiger partial charge >= 0.3 is 0 Å². The number of aryl methyl sites for hydroxylation is 1. The number of hydrogen-bond donors (Lipinski definition) is 2. The Kier molecular flexibility index (Phi) is 9.85. The molecule has 28 heavy (non-hydrogen) atoms. The van der Waals surface area contributed by atoms with Gasteiger partial charge < -0.3 is 24.7 Å². The molecular formula is C20H32N6O2. The van der Waals surface area contributed by atoms with Crippen molar-refractivity contribution in [1.29, 1.82) is 0 Å². The Morgan fingerprint density at radius 2 is 1.93 bits per heavy atom. The summed E-state index contributed by atoms with van der Waals surface area (Å²) in [5.41, 5.74) is 1.25. The second-order valence-corrected chi connectivity index (χ2v) is 6.32. The Labute approximate surface area is 167 Å². The molecule has 8 nitrogen and oxygen atoms in total. The minimum atomic E-state index is 0.712. The quantitative estimate of drug-likeness (QED) is 0.327. The van der Waals surface area contributed by atoms with Gasteiger partial charge in [0.1, 0.15) is 17.9 Å². The molecule has 1 heterocycles. The van der Waals surface area contributed by atoms with Crippen LogP contribution in [0.15, 0.2) is 35.6 Å². The molecule has 154 valence electrons. The first-order valence-electron chi connectivity index (χ1n) is 9.77. The summed E-state index contributed by atoms with van der Waals surface area (Å²) >= 11 is 0. The number of methoxy groups -OCH3 is 2. The summed E-state index contributed by atoms with van der Waals surface area (Å²) in [6, 6.07) is 8.14. The molecule has 0 amide bonds. The van der Waals surface area contributed by atoms with Gasteiger partial charge in [-0.15, -0.1) is 10.2 Å². The van der Waals surface area contributed by atoms with Gasteiger partial charge in [0, 0.05) is 46.3 Å². The molecule has 2 rings (SSSR count). The molecule has 0 bridgehead atoms. The van der Waals surface area contributed by atoms with Crippen molar-refractivity contribution in [3.63, 3.8) is 0 Å². The monoisotopic (exact) mass is 388 g/mol. The molecule has 0 unspecified atom stereocenters. The number of benzene rings is 1. The van der Waals surface area contributed by atoms with Crippen molar-refractivity contribution in [2.75, 3.05) is 40.5 Å². The van der Waals surface area contributed by atoms with Crippen molar-refractivity contribution in [1.82, 2.24) is 25.4 Å². The topological polar surface area (TPSA) is 85.6 Å². The largest absolute Gasteiger partial charge is 0.497 e. The molecule has 2 aromatic rings. The van der Waals surface area contributed by atoms with Crippen molar-refractivity contribution < 1.29 is 9.47 Å². The fourth-order valence-electron chi connectivity index (χ4n) is 2.73. The fraction of sp³-hybridized carbons (Fsp3) is 0.550. The van der Waals surface area contributed by atoms with Crippen LogP contribution < -0.4 is 15.4 Å². The molecule has 0 saturated heterocycles. The molecule has 0 aliphatic carbocycles. The summed E-state index contributed by atoms with van der Waals surface area (Å²) in [4.78, 5) is 4.64. The second-order valence-electron chi connectivity index (χ2n) is 6.32. The number of ether oxygens (including phenoxy) is 2. The molecule has 0 saturated carbocycles. The van der Waals surface area contributed by atoms with E-state index in [0.29, 0.717) is 6.61 Å². The average molecular weight is 389 g/mol. The summed E-state index contributed by atoms with van der Waals surface area (Å²) < 4.78 is 12.4. The van der Waals surface area contributed by atoms with Gasteiger partial charge in [-0.3, -0.25) is 4.99 Å². The molecule has 0 atom stereocenters. The van der Waals surface area contributed by atoms with Crippen LogP contribution in [0, 0.1) is 0 Å². The predicted octanol–water partition coefficient (Wildman–Crippen LogP) is 1.66. The highest BCUT2D eigenvalue weighted by Crippen LogP contribution is 2.11. The summed E-state index contributed by atoms with van der Waals surface area (Å²) in [5.74, 6) is 2.68. The van der Waals surface area contributed by atoms with E-state index in [1.165, 1.54) is 5.56 Å². The molecule has 0 radical (unpaired) electrons. The first kappa shape index (κ1) is 21.7. The predicted molar refractivity (Wildman–Crippen MR) is 111 cm³/mol. The smallest absolute Gasteiger partial charge is 0.191 e. The number of hydrogen-bond acceptors (Lipinski definition) is 5. The van der Waals surface area contributed by atoms with Crippen LogP contribution in [0.2, 0.25) is 0 Å². The molecule has 0 aliphatic heterocycles. The lowest BCUT2D eigenvalue weighted by Gasteiger charge is -2.13. The third-order valence-corrected chi connectivity index (χ3v) is 4.30. The molecular weight excluding hydrogens is 356 g/mol. The maximum absolute atomic E-state index is 5.20. The van der Waals surface area contributed by atoms with Gasteiger partial charge in [0.15, 0.2) is 5.96 Å². The maximum atomic E-state index is 5.20. The van der Waals surface area contributed by atoms with Crippen molar-refractivity contribution >= 4 is 5.96 Å². The van der Waals surface area contributed by atoms with Crippen LogP contribution in [-0.4, -0.2) is 61.2 Å². The number of aliphatic imine (C=N–C) groups is 1. The van der Waals surface area contributed by atoms with Crippen LogP contribution in [0.5, 0.6) is 5.75 Å². The van der Waals surface area contributed by atoms with Crippen LogP contribution in [0.3, 0.4) is 0 Å². The molecule has 8 heteroatoms. The highest BCUT2D eigenvalue weighted by molar-refractivity contribution is 5.79. The van der Waals surface area contributed by atoms with E-state index in [-0.39, 0.29) is 0 Å². The van der Waals surface area contributed by atoms with E-state index in [2.05, 4.69) is 49.4 Å². The zero-order valence-electron chi connectivity index (χ0n) is 17.1. The van der Waals surface area contributed by atoms with E-state index in [1.807, 2.05) is 12.1 Å². The zero-order chi connectivity index (χ0) is 20.0. The Balaban J connectivity index is 1.81. The minimum absolute atomic E-state index is 0.712. The van der Waals surface area contributed by atoms with Gasteiger partial charge in [-0.25, -0.2) is 0 Å². The maximum Gasteiger partial charge on any atom is 0.191 e. The normalized spacial score (nSPS) is 11.5. The second kappa shape index (κ2) is 12.7. The van der Waals surface area contributed by atoms with Crippen molar-refractivity contribution in [3.05, 3.63) is 42.0 Å². The van der Waals surface area contributed by atoms with Crippen LogP contribution >= 0.6 is 0 Å². The van der Waals surface area contributed by atoms with E-state index in [0.717, 1.165) is 63.0 Å². The van der Waals surface area contributed by atoms with Gasteiger partial charge in [0.05, 0.1) is 7.11 Å². The standard InChI is InChI=1S/C20H32N6O2/c1-4-19-25-24-16-26(19)14-13-23-20(21-11-5-15-27-2)22-12-10-17-6-8-18(28-3)9-7-17/h6-9,16H,4-5,10-15H2,1-3H3,(H2,21,22,23). The van der Waals surface area contributed by atoms with Gasteiger partial charge in [-0.2, -0.15) is 0 Å². The highest BCUT2D eigenvalue weighted by atomic mass is 16.5. The number of aromatic nitrogens is 3. The summed E-state index contributed by atoms with van der Waals surface area (Å²) in [6.45, 7) is 5.87. The van der Waals surface area contributed by atoms with Crippen molar-refractivity contribution in [3.8, 4) is 5.75 Å². The molecule has 1 aromatic carbocycles. The molecule has 0 aliphatic rings. The van der Waals surface area contributed by atoms with Crippen LogP contribution in [0.4, 0.5) is 0 Å². The summed E-state index contributed by atoms with van der Waals surface area (Å²) in [5, 5.41) is 14.9. The van der Waals surface area contributed by atoms with Gasteiger partial charge in [-0.1, -0.05) is 19.1 Å². The Bertz CT molecular complexity index is 699. The number of guanidine groups is 1. The molecule has 2 N–H and O–H groups in total. The fourth-order valence-corrected chi connectivity index (χ4v) is 2.73. The Morgan fingerprint density at radius 1 is 1.14 bits per heavy atom. The highest BCUT2D eigenvalue weighted by Gasteiger charge is 2.03. The third-order valence-electron chi connectivity index (χ3n) is 4.30. The van der Waals surface area contributed by atoms with E-state index < -0.39 is 0 Å². The zero-order valence-corrected chi connectivity index (χ0v) is 17.1. The number of nitrogens with zero attached hydrogens (tertiary/aromatic N) is 4. The van der Waals surface area contributed by atoms with E-state index in [1.54, 1.807) is 20.5 Å². The first-order chi connectivity index (χ1) is 13.8. The van der Waals surface area contributed by atoms with Crippen LogP contribution in [0.25, 0.3) is 0 Å². The van der Waals surface area contributed by atoms with Crippen LogP contribution in [0.1, 0.15) is 24.7 Å². The lowest BCUT2D eigenvalue weighted by atomic mass is 10.1. The van der Waals surface area contributed by atoms with Gasteiger partial charge in [0.2, 0.25) is 0 Å². The van der Waals surface area contributed by atoms with Gasteiger partial charge in [0.25, 0.3) is 0 Å². The first-order valence-corrected chi connectivity index (χ1v) is 9.77. The number of nitrogens with one attached hydrogen (secondary N) is 2. The third kappa shape index (κ3) is 7.56. The van der Waals surface area contributed by atoms with Crippen molar-refractivity contribution in [2.24, 2.45) is 4.99 Å². The molecule has 1 aromatic heterocycles.